The molecule has 1 atom stereocenters. The first-order chi connectivity index (χ1) is 5.68. The van der Waals surface area contributed by atoms with Crippen molar-refractivity contribution in [3.8, 4) is 0 Å². The van der Waals surface area contributed by atoms with E-state index in [0.717, 1.165) is 10.2 Å². The molecule has 0 aliphatic carbocycles. The van der Waals surface area contributed by atoms with Crippen LogP contribution in [0.3, 0.4) is 0 Å². The second-order valence-corrected chi connectivity index (χ2v) is 4.75. The Hall–Kier alpha value is 0.01000. The molecule has 0 radical (unpaired) electrons. The molecule has 0 bridgehead atoms. The minimum Gasteiger partial charge on any atom is -0.327 e. The Morgan fingerprint density at radius 2 is 2.33 bits per heavy atom. The predicted octanol–water partition coefficient (Wildman–Crippen LogP) is 2.89. The van der Waals surface area contributed by atoms with Crippen molar-refractivity contribution in [1.29, 1.82) is 0 Å². The van der Waals surface area contributed by atoms with Crippen LogP contribution in [-0.4, -0.2) is 11.8 Å². The van der Waals surface area contributed by atoms with Gasteiger partial charge < -0.3 is 5.73 Å². The van der Waals surface area contributed by atoms with Crippen LogP contribution in [0.5, 0.6) is 0 Å². The topological polar surface area (TPSA) is 26.0 Å². The molecule has 3 heteroatoms. The van der Waals surface area contributed by atoms with Gasteiger partial charge in [0.1, 0.15) is 0 Å². The van der Waals surface area contributed by atoms with Gasteiger partial charge in [-0.25, -0.2) is 0 Å². The van der Waals surface area contributed by atoms with Crippen LogP contribution >= 0.6 is 27.7 Å². The molecule has 66 valence electrons. The summed E-state index contributed by atoms with van der Waals surface area (Å²) in [5.74, 6) is 0.969. The summed E-state index contributed by atoms with van der Waals surface area (Å²) < 4.78 is 1.12. The van der Waals surface area contributed by atoms with Crippen molar-refractivity contribution >= 4 is 27.7 Å². The van der Waals surface area contributed by atoms with E-state index in [0.29, 0.717) is 0 Å². The zero-order valence-corrected chi connectivity index (χ0v) is 9.36. The summed E-state index contributed by atoms with van der Waals surface area (Å²) in [7, 11) is 0. The number of nitrogens with two attached hydrogens (primary N) is 1. The minimum absolute atomic E-state index is 0.258. The number of hydrogen-bond donors (Lipinski definition) is 1. The highest BCUT2D eigenvalue weighted by atomic mass is 79.9. The lowest BCUT2D eigenvalue weighted by Gasteiger charge is -2.04. The van der Waals surface area contributed by atoms with Gasteiger partial charge >= 0.3 is 0 Å². The fourth-order valence-corrected chi connectivity index (χ4v) is 2.18. The Bertz CT molecular complexity index is 250. The van der Waals surface area contributed by atoms with Gasteiger partial charge in [-0.1, -0.05) is 22.0 Å². The van der Waals surface area contributed by atoms with E-state index in [4.69, 9.17) is 5.73 Å². The summed E-state index contributed by atoms with van der Waals surface area (Å²) in [6, 6.07) is 8.52. The van der Waals surface area contributed by atoms with E-state index < -0.39 is 0 Å². The highest BCUT2D eigenvalue weighted by Gasteiger charge is 1.97. The summed E-state index contributed by atoms with van der Waals surface area (Å²) in [6.45, 7) is 2.02. The lowest BCUT2D eigenvalue weighted by atomic mass is 10.4. The van der Waals surface area contributed by atoms with Gasteiger partial charge in [-0.05, 0) is 25.1 Å². The molecule has 12 heavy (non-hydrogen) atoms. The average Bonchev–Trinajstić information content (AvgIpc) is 2.01. The van der Waals surface area contributed by atoms with Crippen molar-refractivity contribution < 1.29 is 0 Å². The van der Waals surface area contributed by atoms with E-state index in [1.54, 1.807) is 11.8 Å². The van der Waals surface area contributed by atoms with Crippen molar-refractivity contribution in [2.75, 3.05) is 5.75 Å². The number of benzene rings is 1. The summed E-state index contributed by atoms with van der Waals surface area (Å²) in [6.07, 6.45) is 0. The van der Waals surface area contributed by atoms with Crippen molar-refractivity contribution in [1.82, 2.24) is 0 Å². The van der Waals surface area contributed by atoms with Crippen molar-refractivity contribution in [3.05, 3.63) is 28.7 Å². The first-order valence-electron chi connectivity index (χ1n) is 3.82. The minimum atomic E-state index is 0.258. The Labute approximate surface area is 85.9 Å². The zero-order valence-electron chi connectivity index (χ0n) is 6.96. The molecule has 1 rings (SSSR count). The molecule has 1 nitrogen and oxygen atoms in total. The lowest BCUT2D eigenvalue weighted by molar-refractivity contribution is 0.847. The molecule has 2 N–H and O–H groups in total. The molecule has 0 amide bonds. The highest BCUT2D eigenvalue weighted by Crippen LogP contribution is 2.21. The number of rotatable bonds is 3. The summed E-state index contributed by atoms with van der Waals surface area (Å²) >= 11 is 5.21. The Kier molecular flexibility index (Phi) is 4.12. The second kappa shape index (κ2) is 4.90. The fraction of sp³-hybridized carbons (Fsp3) is 0.333. The van der Waals surface area contributed by atoms with Crippen LogP contribution in [0.1, 0.15) is 6.92 Å². The van der Waals surface area contributed by atoms with Crippen LogP contribution in [-0.2, 0) is 0 Å². The first-order valence-corrected chi connectivity index (χ1v) is 5.60. The van der Waals surface area contributed by atoms with E-state index in [1.807, 2.05) is 19.1 Å². The molecule has 0 spiro atoms. The normalized spacial score (nSPS) is 12.9. The van der Waals surface area contributed by atoms with Crippen LogP contribution in [0.25, 0.3) is 0 Å². The summed E-state index contributed by atoms with van der Waals surface area (Å²) in [5, 5.41) is 0. The maximum absolute atomic E-state index is 5.65. The standard InChI is InChI=1S/C9H12BrNS/c1-7(11)6-12-9-4-2-3-8(10)5-9/h2-5,7H,6,11H2,1H3/t7-/m0/s1. The Morgan fingerprint density at radius 3 is 2.92 bits per heavy atom. The maximum Gasteiger partial charge on any atom is 0.0186 e. The van der Waals surface area contributed by atoms with Gasteiger partial charge in [-0.15, -0.1) is 11.8 Å². The van der Waals surface area contributed by atoms with Gasteiger partial charge in [0.2, 0.25) is 0 Å². The van der Waals surface area contributed by atoms with Gasteiger partial charge in [0, 0.05) is 21.2 Å². The molecule has 0 aromatic heterocycles. The van der Waals surface area contributed by atoms with Gasteiger partial charge in [0.25, 0.3) is 0 Å². The smallest absolute Gasteiger partial charge is 0.0186 e. The molecular weight excluding hydrogens is 234 g/mol. The average molecular weight is 246 g/mol. The van der Waals surface area contributed by atoms with Crippen LogP contribution in [0, 0.1) is 0 Å². The fourth-order valence-electron chi connectivity index (χ4n) is 0.784. The lowest BCUT2D eigenvalue weighted by Crippen LogP contribution is -2.17. The van der Waals surface area contributed by atoms with E-state index in [2.05, 4.69) is 28.1 Å². The van der Waals surface area contributed by atoms with Crippen molar-refractivity contribution in [2.45, 2.75) is 17.9 Å². The van der Waals surface area contributed by atoms with Crippen LogP contribution in [0.4, 0.5) is 0 Å². The molecule has 0 aliphatic heterocycles. The quantitative estimate of drug-likeness (QED) is 0.830. The predicted molar refractivity (Wildman–Crippen MR) is 58.5 cm³/mol. The number of halogens is 1. The Balaban J connectivity index is 2.52. The SMILES string of the molecule is C[C@H](N)CSc1cccc(Br)c1. The first kappa shape index (κ1) is 10.1. The van der Waals surface area contributed by atoms with Crippen LogP contribution in [0.2, 0.25) is 0 Å². The molecule has 0 saturated carbocycles. The maximum atomic E-state index is 5.65. The zero-order chi connectivity index (χ0) is 8.97. The molecule has 0 aliphatic rings. The number of hydrogen-bond acceptors (Lipinski definition) is 2. The van der Waals surface area contributed by atoms with Crippen LogP contribution < -0.4 is 5.73 Å². The van der Waals surface area contributed by atoms with E-state index in [1.165, 1.54) is 4.90 Å². The summed E-state index contributed by atoms with van der Waals surface area (Å²) in [5.41, 5.74) is 5.65. The van der Waals surface area contributed by atoms with Gasteiger partial charge in [0.15, 0.2) is 0 Å². The largest absolute Gasteiger partial charge is 0.327 e. The highest BCUT2D eigenvalue weighted by molar-refractivity contribution is 9.10. The van der Waals surface area contributed by atoms with Gasteiger partial charge in [-0.3, -0.25) is 0 Å². The van der Waals surface area contributed by atoms with E-state index >= 15 is 0 Å². The van der Waals surface area contributed by atoms with Crippen LogP contribution in [0.15, 0.2) is 33.6 Å². The third-order valence-corrected chi connectivity index (χ3v) is 3.08. The number of thioether (sulfide) groups is 1. The van der Waals surface area contributed by atoms with Crippen molar-refractivity contribution in [2.24, 2.45) is 5.73 Å². The third kappa shape index (κ3) is 3.61. The molecule has 0 fully saturated rings. The monoisotopic (exact) mass is 245 g/mol. The summed E-state index contributed by atoms with van der Waals surface area (Å²) in [4.78, 5) is 1.27. The third-order valence-electron chi connectivity index (χ3n) is 1.31. The van der Waals surface area contributed by atoms with E-state index in [-0.39, 0.29) is 6.04 Å². The molecule has 0 heterocycles. The molecule has 1 aromatic rings. The molecule has 0 unspecified atom stereocenters. The van der Waals surface area contributed by atoms with E-state index in [9.17, 15) is 0 Å². The van der Waals surface area contributed by atoms with Gasteiger partial charge in [0.05, 0.1) is 0 Å². The van der Waals surface area contributed by atoms with Crippen molar-refractivity contribution in [3.63, 3.8) is 0 Å². The Morgan fingerprint density at radius 1 is 1.58 bits per heavy atom. The molecule has 0 saturated heterocycles. The molecular formula is C9H12BrNS. The molecule has 1 aromatic carbocycles. The second-order valence-electron chi connectivity index (χ2n) is 2.75. The van der Waals surface area contributed by atoms with Gasteiger partial charge in [-0.2, -0.15) is 0 Å².